The van der Waals surface area contributed by atoms with E-state index >= 15 is 0 Å². The molecule has 0 radical (unpaired) electrons. The number of alkyl halides is 2. The zero-order valence-electron chi connectivity index (χ0n) is 8.05. The molecule has 1 heterocycles. The molecule has 0 saturated heterocycles. The molecule has 0 amide bonds. The van der Waals surface area contributed by atoms with Gasteiger partial charge in [-0.25, -0.2) is 18.6 Å². The van der Waals surface area contributed by atoms with Crippen molar-refractivity contribution in [3.8, 4) is 0 Å². The number of methoxy groups -OCH3 is 1. The lowest BCUT2D eigenvalue weighted by atomic mass is 10.1. The van der Waals surface area contributed by atoms with E-state index in [0.29, 0.717) is 0 Å². The van der Waals surface area contributed by atoms with E-state index in [1.165, 1.54) is 6.92 Å². The second kappa shape index (κ2) is 4.29. The van der Waals surface area contributed by atoms with E-state index in [1.54, 1.807) is 0 Å². The lowest BCUT2D eigenvalue weighted by Crippen LogP contribution is -2.12. The van der Waals surface area contributed by atoms with Gasteiger partial charge in [0, 0.05) is 11.8 Å². The van der Waals surface area contributed by atoms with Crippen molar-refractivity contribution < 1.29 is 22.7 Å². The van der Waals surface area contributed by atoms with Gasteiger partial charge >= 0.3 is 5.97 Å². The molecule has 1 aromatic heterocycles. The van der Waals surface area contributed by atoms with Gasteiger partial charge < -0.3 is 4.74 Å². The maximum Gasteiger partial charge on any atom is 0.343 e. The first kappa shape index (κ1) is 11.5. The molecule has 0 atom stereocenters. The molecule has 3 nitrogen and oxygen atoms in total. The van der Waals surface area contributed by atoms with Crippen LogP contribution in [0.25, 0.3) is 0 Å². The Balaban J connectivity index is 3.45. The first-order valence-corrected chi connectivity index (χ1v) is 4.00. The van der Waals surface area contributed by atoms with Gasteiger partial charge in [-0.1, -0.05) is 0 Å². The fourth-order valence-electron chi connectivity index (χ4n) is 1.17. The van der Waals surface area contributed by atoms with Crippen molar-refractivity contribution in [3.63, 3.8) is 0 Å². The van der Waals surface area contributed by atoms with Crippen molar-refractivity contribution >= 4 is 5.97 Å². The summed E-state index contributed by atoms with van der Waals surface area (Å²) in [6.07, 6.45) is -2.00. The van der Waals surface area contributed by atoms with Crippen LogP contribution in [-0.2, 0) is 4.74 Å². The van der Waals surface area contributed by atoms with Gasteiger partial charge in [-0.05, 0) is 12.5 Å². The normalized spacial score (nSPS) is 10.5. The third-order valence-corrected chi connectivity index (χ3v) is 1.88. The molecular weight excluding hydrogens is 211 g/mol. The quantitative estimate of drug-likeness (QED) is 0.565. The predicted octanol–water partition coefficient (Wildman–Crippen LogP) is 2.25. The average molecular weight is 219 g/mol. The van der Waals surface area contributed by atoms with Crippen LogP contribution < -0.4 is 0 Å². The van der Waals surface area contributed by atoms with Crippen molar-refractivity contribution in [2.75, 3.05) is 7.11 Å². The van der Waals surface area contributed by atoms with Gasteiger partial charge in [0.15, 0.2) is 0 Å². The number of rotatable bonds is 2. The molecule has 0 saturated carbocycles. The minimum Gasteiger partial charge on any atom is -0.465 e. The number of pyridine rings is 1. The molecule has 1 aromatic rings. The number of ether oxygens (including phenoxy) is 1. The van der Waals surface area contributed by atoms with Crippen LogP contribution in [0.1, 0.15) is 27.9 Å². The topological polar surface area (TPSA) is 39.2 Å². The number of nitrogens with zero attached hydrogens (tertiary/aromatic N) is 1. The van der Waals surface area contributed by atoms with Gasteiger partial charge in [0.25, 0.3) is 6.43 Å². The highest BCUT2D eigenvalue weighted by molar-refractivity contribution is 5.91. The molecule has 0 bridgehead atoms. The second-order valence-corrected chi connectivity index (χ2v) is 2.81. The van der Waals surface area contributed by atoms with Crippen LogP contribution in [0.3, 0.4) is 0 Å². The lowest BCUT2D eigenvalue weighted by molar-refractivity contribution is 0.0581. The van der Waals surface area contributed by atoms with Crippen LogP contribution in [0.5, 0.6) is 0 Å². The second-order valence-electron chi connectivity index (χ2n) is 2.81. The van der Waals surface area contributed by atoms with Crippen molar-refractivity contribution in [3.05, 3.63) is 28.8 Å². The summed E-state index contributed by atoms with van der Waals surface area (Å²) in [5, 5.41) is 0. The summed E-state index contributed by atoms with van der Waals surface area (Å²) >= 11 is 0. The Morgan fingerprint density at radius 1 is 1.53 bits per heavy atom. The van der Waals surface area contributed by atoms with Crippen LogP contribution in [0.15, 0.2) is 6.20 Å². The summed E-state index contributed by atoms with van der Waals surface area (Å²) < 4.78 is 42.4. The summed E-state index contributed by atoms with van der Waals surface area (Å²) in [6.45, 7) is 1.32. The zero-order chi connectivity index (χ0) is 11.6. The minimum absolute atomic E-state index is 0.0480. The van der Waals surface area contributed by atoms with Crippen LogP contribution in [0.2, 0.25) is 0 Å². The Hall–Kier alpha value is -1.59. The van der Waals surface area contributed by atoms with Gasteiger partial charge in [-0.3, -0.25) is 0 Å². The first-order chi connectivity index (χ1) is 6.99. The molecule has 82 valence electrons. The number of esters is 1. The van der Waals surface area contributed by atoms with Crippen molar-refractivity contribution in [1.29, 1.82) is 0 Å². The molecule has 1 rings (SSSR count). The monoisotopic (exact) mass is 219 g/mol. The van der Waals surface area contributed by atoms with Crippen LogP contribution >= 0.6 is 0 Å². The summed E-state index contributed by atoms with van der Waals surface area (Å²) in [5.41, 5.74) is -1.42. The Morgan fingerprint density at radius 3 is 2.60 bits per heavy atom. The van der Waals surface area contributed by atoms with Crippen LogP contribution in [-0.4, -0.2) is 18.1 Å². The zero-order valence-corrected chi connectivity index (χ0v) is 8.05. The van der Waals surface area contributed by atoms with Gasteiger partial charge in [0.1, 0.15) is 5.56 Å². The lowest BCUT2D eigenvalue weighted by Gasteiger charge is -2.09. The van der Waals surface area contributed by atoms with E-state index in [1.807, 2.05) is 0 Å². The smallest absolute Gasteiger partial charge is 0.343 e. The average Bonchev–Trinajstić information content (AvgIpc) is 2.19. The van der Waals surface area contributed by atoms with E-state index in [4.69, 9.17) is 0 Å². The van der Waals surface area contributed by atoms with Crippen LogP contribution in [0, 0.1) is 12.9 Å². The summed E-state index contributed by atoms with van der Waals surface area (Å²) in [7, 11) is 0.985. The number of halogens is 3. The van der Waals surface area contributed by atoms with E-state index in [9.17, 15) is 18.0 Å². The fraction of sp³-hybridized carbons (Fsp3) is 0.333. The molecule has 0 aliphatic heterocycles. The number of hydrogen-bond acceptors (Lipinski definition) is 3. The maximum absolute atomic E-state index is 13.1. The highest BCUT2D eigenvalue weighted by Gasteiger charge is 2.26. The van der Waals surface area contributed by atoms with Gasteiger partial charge in [0.05, 0.1) is 7.11 Å². The molecule has 0 unspecified atom stereocenters. The van der Waals surface area contributed by atoms with Gasteiger partial charge in [-0.15, -0.1) is 0 Å². The number of aryl methyl sites for hydroxylation is 1. The predicted molar refractivity (Wildman–Crippen MR) is 45.2 cm³/mol. The number of carbonyl (C=O) groups is 1. The molecule has 6 heteroatoms. The van der Waals surface area contributed by atoms with E-state index in [2.05, 4.69) is 9.72 Å². The molecule has 0 N–H and O–H groups in total. The Morgan fingerprint density at radius 2 is 2.13 bits per heavy atom. The molecular formula is C9H8F3NO2. The molecule has 0 aliphatic rings. The van der Waals surface area contributed by atoms with Crippen molar-refractivity contribution in [2.24, 2.45) is 0 Å². The SMILES string of the molecule is COC(=O)c1c(F)ncc(C)c1C(F)F. The third kappa shape index (κ3) is 2.08. The van der Waals surface area contributed by atoms with E-state index < -0.39 is 29.5 Å². The summed E-state index contributed by atoms with van der Waals surface area (Å²) in [5.74, 6) is -2.40. The van der Waals surface area contributed by atoms with Gasteiger partial charge in [-0.2, -0.15) is 4.39 Å². The molecule has 0 spiro atoms. The highest BCUT2D eigenvalue weighted by atomic mass is 19.3. The van der Waals surface area contributed by atoms with E-state index in [-0.39, 0.29) is 5.56 Å². The minimum atomic E-state index is -2.95. The summed E-state index contributed by atoms with van der Waals surface area (Å²) in [4.78, 5) is 14.3. The molecule has 0 fully saturated rings. The summed E-state index contributed by atoms with van der Waals surface area (Å²) in [6, 6.07) is 0. The number of hydrogen-bond donors (Lipinski definition) is 0. The first-order valence-electron chi connectivity index (χ1n) is 4.00. The Bertz CT molecular complexity index is 393. The van der Waals surface area contributed by atoms with Crippen LogP contribution in [0.4, 0.5) is 13.2 Å². The molecule has 0 aromatic carbocycles. The molecule has 0 aliphatic carbocycles. The standard InChI is InChI=1S/C9H8F3NO2/c1-4-3-13-8(12)6(9(14)15-2)5(4)7(10)11/h3,7H,1-2H3. The van der Waals surface area contributed by atoms with Gasteiger partial charge in [0.2, 0.25) is 5.95 Å². The number of carbonyl (C=O) groups excluding carboxylic acids is 1. The van der Waals surface area contributed by atoms with E-state index in [0.717, 1.165) is 13.3 Å². The Labute approximate surface area is 83.9 Å². The Kier molecular flexibility index (Phi) is 3.28. The van der Waals surface area contributed by atoms with Crippen molar-refractivity contribution in [1.82, 2.24) is 4.98 Å². The largest absolute Gasteiger partial charge is 0.465 e. The highest BCUT2D eigenvalue weighted by Crippen LogP contribution is 2.27. The fourth-order valence-corrected chi connectivity index (χ4v) is 1.17. The molecule has 15 heavy (non-hydrogen) atoms. The number of aromatic nitrogens is 1. The van der Waals surface area contributed by atoms with Crippen molar-refractivity contribution in [2.45, 2.75) is 13.3 Å². The maximum atomic E-state index is 13.1. The third-order valence-electron chi connectivity index (χ3n) is 1.88.